The van der Waals surface area contributed by atoms with Crippen molar-refractivity contribution in [3.8, 4) is 23.9 Å². The van der Waals surface area contributed by atoms with Crippen molar-refractivity contribution in [3.05, 3.63) is 68.1 Å². The van der Waals surface area contributed by atoms with Crippen LogP contribution in [0.4, 0.5) is 0 Å². The summed E-state index contributed by atoms with van der Waals surface area (Å²) >= 11 is 12.2. The van der Waals surface area contributed by atoms with E-state index in [0.29, 0.717) is 10.0 Å². The molecule has 128 valence electrons. The van der Waals surface area contributed by atoms with Gasteiger partial charge in [-0.2, -0.15) is 15.8 Å². The third-order valence-corrected chi connectivity index (χ3v) is 4.22. The zero-order chi connectivity index (χ0) is 19.4. The standard InChI is InChI=1S/C19H13Cl2N5/c1-11-3-13(4-14(8-22)19(25)15(9-23)10-24)12(2)26(11)18-6-16(20)5-17(21)7-18/h3-7H,25H2,1-2H3. The van der Waals surface area contributed by atoms with Gasteiger partial charge in [0.25, 0.3) is 0 Å². The van der Waals surface area contributed by atoms with Crippen molar-refractivity contribution in [2.45, 2.75) is 13.8 Å². The minimum Gasteiger partial charge on any atom is -0.396 e. The molecule has 0 radical (unpaired) electrons. The molecule has 1 heterocycles. The summed E-state index contributed by atoms with van der Waals surface area (Å²) in [6.07, 6.45) is 1.55. The molecule has 2 N–H and O–H groups in total. The minimum atomic E-state index is -0.298. The summed E-state index contributed by atoms with van der Waals surface area (Å²) in [7, 11) is 0. The van der Waals surface area contributed by atoms with Crippen LogP contribution in [-0.4, -0.2) is 4.57 Å². The van der Waals surface area contributed by atoms with Gasteiger partial charge in [0.2, 0.25) is 0 Å². The number of allylic oxidation sites excluding steroid dienone is 2. The number of halogens is 2. The van der Waals surface area contributed by atoms with Gasteiger partial charge in [-0.15, -0.1) is 0 Å². The highest BCUT2D eigenvalue weighted by molar-refractivity contribution is 6.34. The summed E-state index contributed by atoms with van der Waals surface area (Å²) in [5.41, 5.74) is 8.64. The lowest BCUT2D eigenvalue weighted by Gasteiger charge is -2.11. The maximum absolute atomic E-state index is 9.36. The Labute approximate surface area is 161 Å². The van der Waals surface area contributed by atoms with E-state index in [2.05, 4.69) is 0 Å². The molecule has 0 bridgehead atoms. The van der Waals surface area contributed by atoms with Crippen molar-refractivity contribution < 1.29 is 0 Å². The predicted molar refractivity (Wildman–Crippen MR) is 101 cm³/mol. The Hall–Kier alpha value is -3.17. The van der Waals surface area contributed by atoms with Crippen LogP contribution in [-0.2, 0) is 0 Å². The molecule has 7 heteroatoms. The summed E-state index contributed by atoms with van der Waals surface area (Å²) in [5.74, 6) is 0. The highest BCUT2D eigenvalue weighted by atomic mass is 35.5. The molecule has 0 unspecified atom stereocenters. The Bertz CT molecular complexity index is 1030. The normalized spacial score (nSPS) is 10.6. The van der Waals surface area contributed by atoms with Crippen molar-refractivity contribution in [2.75, 3.05) is 0 Å². The van der Waals surface area contributed by atoms with Crippen molar-refractivity contribution in [1.29, 1.82) is 15.8 Å². The molecule has 0 spiro atoms. The second-order valence-electron chi connectivity index (χ2n) is 5.47. The van der Waals surface area contributed by atoms with Crippen molar-refractivity contribution in [3.63, 3.8) is 0 Å². The molecule has 2 aromatic rings. The molecule has 26 heavy (non-hydrogen) atoms. The van der Waals surface area contributed by atoms with Gasteiger partial charge >= 0.3 is 0 Å². The molecule has 5 nitrogen and oxygen atoms in total. The van der Waals surface area contributed by atoms with Gasteiger partial charge in [-0.3, -0.25) is 0 Å². The first-order valence-electron chi connectivity index (χ1n) is 7.40. The predicted octanol–water partition coefficient (Wildman–Crippen LogP) is 4.57. The molecule has 0 aliphatic carbocycles. The van der Waals surface area contributed by atoms with Crippen LogP contribution in [0.3, 0.4) is 0 Å². The lowest BCUT2D eigenvalue weighted by molar-refractivity contribution is 0.964. The highest BCUT2D eigenvalue weighted by Gasteiger charge is 2.13. The van der Waals surface area contributed by atoms with E-state index in [0.717, 1.165) is 22.6 Å². The third kappa shape index (κ3) is 3.73. The molecule has 0 saturated carbocycles. The summed E-state index contributed by atoms with van der Waals surface area (Å²) in [6.45, 7) is 3.78. The van der Waals surface area contributed by atoms with E-state index in [1.54, 1.807) is 36.4 Å². The Morgan fingerprint density at radius 1 is 1.00 bits per heavy atom. The van der Waals surface area contributed by atoms with Gasteiger partial charge in [0.05, 0.1) is 11.3 Å². The van der Waals surface area contributed by atoms with E-state index in [-0.39, 0.29) is 16.8 Å². The van der Waals surface area contributed by atoms with Gasteiger partial charge in [0.1, 0.15) is 18.2 Å². The topological polar surface area (TPSA) is 102 Å². The van der Waals surface area contributed by atoms with Crippen LogP contribution in [0.5, 0.6) is 0 Å². The van der Waals surface area contributed by atoms with Crippen LogP contribution in [0.15, 0.2) is 41.1 Å². The molecule has 0 saturated heterocycles. The first kappa shape index (κ1) is 19.2. The molecule has 0 fully saturated rings. The van der Waals surface area contributed by atoms with Crippen LogP contribution in [0.25, 0.3) is 11.8 Å². The quantitative estimate of drug-likeness (QED) is 0.620. The van der Waals surface area contributed by atoms with Crippen LogP contribution in [0, 0.1) is 47.8 Å². The summed E-state index contributed by atoms with van der Waals surface area (Å²) in [4.78, 5) is 0. The van der Waals surface area contributed by atoms with Crippen molar-refractivity contribution >= 4 is 29.3 Å². The maximum atomic E-state index is 9.36. The first-order valence-corrected chi connectivity index (χ1v) is 8.15. The van der Waals surface area contributed by atoms with Crippen molar-refractivity contribution in [1.82, 2.24) is 4.57 Å². The molecular formula is C19H13Cl2N5. The summed E-state index contributed by atoms with van der Waals surface area (Å²) in [6, 6.07) is 12.4. The average molecular weight is 382 g/mol. The zero-order valence-electron chi connectivity index (χ0n) is 14.0. The highest BCUT2D eigenvalue weighted by Crippen LogP contribution is 2.28. The molecule has 0 atom stereocenters. The second kappa shape index (κ2) is 7.81. The molecule has 1 aromatic heterocycles. The maximum Gasteiger partial charge on any atom is 0.153 e. The van der Waals surface area contributed by atoms with Gasteiger partial charge in [0.15, 0.2) is 5.57 Å². The first-order chi connectivity index (χ1) is 12.3. The van der Waals surface area contributed by atoms with E-state index >= 15 is 0 Å². The number of aryl methyl sites for hydroxylation is 1. The molecule has 1 aromatic carbocycles. The van der Waals surface area contributed by atoms with Crippen LogP contribution >= 0.6 is 23.2 Å². The zero-order valence-corrected chi connectivity index (χ0v) is 15.5. The SMILES string of the molecule is Cc1cc(C=C(C#N)C(N)=C(C#N)C#N)c(C)n1-c1cc(Cl)cc(Cl)c1. The smallest absolute Gasteiger partial charge is 0.153 e. The summed E-state index contributed by atoms with van der Waals surface area (Å²) < 4.78 is 1.94. The van der Waals surface area contributed by atoms with E-state index < -0.39 is 0 Å². The molecular weight excluding hydrogens is 369 g/mol. The number of aromatic nitrogens is 1. The number of nitriles is 3. The molecule has 0 amide bonds. The van der Waals surface area contributed by atoms with E-state index in [1.165, 1.54) is 0 Å². The Kier molecular flexibility index (Phi) is 5.75. The number of rotatable bonds is 3. The molecule has 2 rings (SSSR count). The largest absolute Gasteiger partial charge is 0.396 e. The molecule has 0 aliphatic heterocycles. The van der Waals surface area contributed by atoms with Gasteiger partial charge in [-0.05, 0) is 49.8 Å². The van der Waals surface area contributed by atoms with Gasteiger partial charge in [0, 0.05) is 27.1 Å². The van der Waals surface area contributed by atoms with Gasteiger partial charge in [-0.25, -0.2) is 0 Å². The second-order valence-corrected chi connectivity index (χ2v) is 6.34. The monoisotopic (exact) mass is 381 g/mol. The number of benzene rings is 1. The Balaban J connectivity index is 2.65. The number of nitrogens with two attached hydrogens (primary N) is 1. The van der Waals surface area contributed by atoms with E-state index in [4.69, 9.17) is 39.5 Å². The third-order valence-electron chi connectivity index (χ3n) is 3.78. The fourth-order valence-corrected chi connectivity index (χ4v) is 3.12. The van der Waals surface area contributed by atoms with Crippen LogP contribution in [0.2, 0.25) is 10.0 Å². The van der Waals surface area contributed by atoms with E-state index in [1.807, 2.05) is 30.6 Å². The Morgan fingerprint density at radius 2 is 1.58 bits per heavy atom. The van der Waals surface area contributed by atoms with E-state index in [9.17, 15) is 5.26 Å². The lowest BCUT2D eigenvalue weighted by Crippen LogP contribution is -2.03. The number of nitrogens with zero attached hydrogens (tertiary/aromatic N) is 4. The number of hydrogen-bond acceptors (Lipinski definition) is 4. The fraction of sp³-hybridized carbons (Fsp3) is 0.105. The van der Waals surface area contributed by atoms with Crippen LogP contribution < -0.4 is 5.73 Å². The number of hydrogen-bond donors (Lipinski definition) is 1. The van der Waals surface area contributed by atoms with Gasteiger partial charge < -0.3 is 10.3 Å². The Morgan fingerprint density at radius 3 is 2.08 bits per heavy atom. The molecule has 0 aliphatic rings. The average Bonchev–Trinajstić information content (AvgIpc) is 2.86. The summed E-state index contributed by atoms with van der Waals surface area (Å²) in [5, 5.41) is 28.2. The minimum absolute atomic E-state index is 0.0486. The van der Waals surface area contributed by atoms with Crippen LogP contribution in [0.1, 0.15) is 17.0 Å². The lowest BCUT2D eigenvalue weighted by atomic mass is 10.1. The van der Waals surface area contributed by atoms with Crippen molar-refractivity contribution in [2.24, 2.45) is 5.73 Å². The fourth-order valence-electron chi connectivity index (χ4n) is 2.61. The van der Waals surface area contributed by atoms with Gasteiger partial charge in [-0.1, -0.05) is 23.2 Å².